The van der Waals surface area contributed by atoms with Crippen LogP contribution in [0.2, 0.25) is 0 Å². The Bertz CT molecular complexity index is 1040. The minimum atomic E-state index is -3.88. The van der Waals surface area contributed by atoms with Crippen molar-refractivity contribution in [2.75, 3.05) is 0 Å². The third-order valence-electron chi connectivity index (χ3n) is 3.70. The van der Waals surface area contributed by atoms with Gasteiger partial charge in [0.05, 0.1) is 10.4 Å². The molecular weight excluding hydrogens is 321 g/mol. The Morgan fingerprint density at radius 1 is 0.913 bits per heavy atom. The second-order valence-electron chi connectivity index (χ2n) is 5.06. The summed E-state index contributed by atoms with van der Waals surface area (Å²) >= 11 is 0. The molecule has 4 nitrogen and oxygen atoms in total. The molecule has 23 heavy (non-hydrogen) atoms. The van der Waals surface area contributed by atoms with Gasteiger partial charge in [0.25, 0.3) is 0 Å². The zero-order chi connectivity index (χ0) is 15.3. The molecule has 0 fully saturated rings. The maximum absolute atomic E-state index is 12.7. The van der Waals surface area contributed by atoms with Crippen LogP contribution in [0.4, 0.5) is 0 Å². The molecule has 108 valence electrons. The molecule has 0 aliphatic carbocycles. The molecule has 3 aromatic rings. The second-order valence-corrected chi connectivity index (χ2v) is 6.86. The molecule has 0 N–H and O–H groups in total. The molecule has 0 saturated heterocycles. The van der Waals surface area contributed by atoms with Gasteiger partial charge >= 0.3 is 29.6 Å². The normalized spacial score (nSPS) is 15.3. The predicted molar refractivity (Wildman–Crippen MR) is 82.2 cm³/mol. The van der Waals surface area contributed by atoms with Crippen molar-refractivity contribution in [2.45, 2.75) is 5.03 Å². The number of hydrogen-bond donors (Lipinski definition) is 0. The monoisotopic (exact) mass is 331 g/mol. The van der Waals surface area contributed by atoms with Crippen molar-refractivity contribution in [1.29, 1.82) is 0 Å². The number of aromatic nitrogens is 1. The summed E-state index contributed by atoms with van der Waals surface area (Å²) in [6.45, 7) is 0. The average Bonchev–Trinajstić information content (AvgIpc) is 2.73. The molecule has 0 atom stereocenters. The van der Waals surface area contributed by atoms with E-state index in [0.717, 1.165) is 5.39 Å². The van der Waals surface area contributed by atoms with Crippen LogP contribution in [-0.2, 0) is 9.84 Å². The molecule has 0 amide bonds. The van der Waals surface area contributed by atoms with E-state index in [1.165, 1.54) is 0 Å². The summed E-state index contributed by atoms with van der Waals surface area (Å²) in [5, 5.41) is 13.2. The number of benzene rings is 2. The second kappa shape index (κ2) is 5.76. The van der Waals surface area contributed by atoms with Crippen LogP contribution >= 0.6 is 0 Å². The van der Waals surface area contributed by atoms with Gasteiger partial charge in [0, 0.05) is 10.9 Å². The largest absolute Gasteiger partial charge is 1.00 e. The Balaban J connectivity index is 0.00000156. The third-order valence-corrected chi connectivity index (χ3v) is 5.48. The first-order valence-corrected chi connectivity index (χ1v) is 8.19. The molecule has 1 aliphatic heterocycles. The SMILES string of the molecule is O=S1(=O)C(c2ccccc2)=C([O-])c2cc3ccccc3nc21.[Na+]. The van der Waals surface area contributed by atoms with Crippen molar-refractivity contribution in [2.24, 2.45) is 0 Å². The molecule has 0 bridgehead atoms. The van der Waals surface area contributed by atoms with Crippen molar-refractivity contribution >= 4 is 31.4 Å². The van der Waals surface area contributed by atoms with Gasteiger partial charge in [-0.15, -0.1) is 0 Å². The molecule has 0 saturated carbocycles. The molecular formula is C17H10NNaO3S. The van der Waals surface area contributed by atoms with E-state index < -0.39 is 15.6 Å². The van der Waals surface area contributed by atoms with Crippen molar-refractivity contribution in [1.82, 2.24) is 4.98 Å². The zero-order valence-corrected chi connectivity index (χ0v) is 15.2. The minimum Gasteiger partial charge on any atom is -0.871 e. The van der Waals surface area contributed by atoms with Crippen LogP contribution < -0.4 is 34.7 Å². The van der Waals surface area contributed by atoms with Gasteiger partial charge in [-0.1, -0.05) is 54.3 Å². The van der Waals surface area contributed by atoms with E-state index in [1.807, 2.05) is 12.1 Å². The van der Waals surface area contributed by atoms with Gasteiger partial charge in [0.2, 0.25) is 9.84 Å². The van der Waals surface area contributed by atoms with Crippen LogP contribution in [0.1, 0.15) is 11.1 Å². The smallest absolute Gasteiger partial charge is 0.871 e. The van der Waals surface area contributed by atoms with E-state index in [4.69, 9.17) is 0 Å². The van der Waals surface area contributed by atoms with E-state index in [9.17, 15) is 13.5 Å². The fourth-order valence-corrected chi connectivity index (χ4v) is 4.34. The number of hydrogen-bond acceptors (Lipinski definition) is 4. The maximum atomic E-state index is 12.7. The first kappa shape index (κ1) is 16.2. The number of pyridine rings is 1. The van der Waals surface area contributed by atoms with E-state index >= 15 is 0 Å². The Morgan fingerprint density at radius 2 is 1.57 bits per heavy atom. The molecule has 0 radical (unpaired) electrons. The van der Waals surface area contributed by atoms with Gasteiger partial charge in [-0.3, -0.25) is 0 Å². The van der Waals surface area contributed by atoms with Crippen LogP contribution in [-0.4, -0.2) is 13.4 Å². The van der Waals surface area contributed by atoms with Crippen molar-refractivity contribution in [3.63, 3.8) is 0 Å². The molecule has 6 heteroatoms. The summed E-state index contributed by atoms with van der Waals surface area (Å²) in [5.41, 5.74) is 1.11. The molecule has 2 heterocycles. The molecule has 0 spiro atoms. The number of nitrogens with zero attached hydrogens (tertiary/aromatic N) is 1. The quantitative estimate of drug-likeness (QED) is 0.548. The summed E-state index contributed by atoms with van der Waals surface area (Å²) < 4.78 is 25.4. The fraction of sp³-hybridized carbons (Fsp3) is 0. The summed E-state index contributed by atoms with van der Waals surface area (Å²) in [4.78, 5) is 4.02. The van der Waals surface area contributed by atoms with Crippen molar-refractivity contribution in [3.05, 3.63) is 71.8 Å². The van der Waals surface area contributed by atoms with Crippen molar-refractivity contribution in [3.8, 4) is 0 Å². The van der Waals surface area contributed by atoms with E-state index in [1.54, 1.807) is 48.5 Å². The van der Waals surface area contributed by atoms with E-state index in [0.29, 0.717) is 11.1 Å². The average molecular weight is 331 g/mol. The Kier molecular flexibility index (Phi) is 4.06. The van der Waals surface area contributed by atoms with Gasteiger partial charge in [-0.25, -0.2) is 13.4 Å². The van der Waals surface area contributed by atoms with Gasteiger partial charge in [0.1, 0.15) is 0 Å². The fourth-order valence-electron chi connectivity index (χ4n) is 2.68. The molecule has 0 unspecified atom stereocenters. The topological polar surface area (TPSA) is 70.1 Å². The summed E-state index contributed by atoms with van der Waals surface area (Å²) in [5.74, 6) is -0.487. The maximum Gasteiger partial charge on any atom is 1.00 e. The van der Waals surface area contributed by atoms with Crippen molar-refractivity contribution < 1.29 is 43.1 Å². The molecule has 4 rings (SSSR count). The number of sulfone groups is 1. The number of para-hydroxylation sites is 1. The van der Waals surface area contributed by atoms with Crippen LogP contribution in [0.15, 0.2) is 65.7 Å². The molecule has 1 aromatic heterocycles. The van der Waals surface area contributed by atoms with Gasteiger partial charge in [-0.05, 0) is 17.7 Å². The zero-order valence-electron chi connectivity index (χ0n) is 12.4. The third kappa shape index (κ3) is 2.40. The van der Waals surface area contributed by atoms with Gasteiger partial charge < -0.3 is 5.11 Å². The molecule has 2 aromatic carbocycles. The van der Waals surface area contributed by atoms with Gasteiger partial charge in [0.15, 0.2) is 5.03 Å². The van der Waals surface area contributed by atoms with Crippen LogP contribution in [0.5, 0.6) is 0 Å². The summed E-state index contributed by atoms with van der Waals surface area (Å²) in [6, 6.07) is 17.2. The standard InChI is InChI=1S/C17H11NO3S.Na/c19-15-13-10-12-8-4-5-9-14(12)18-17(13)22(20,21)16(15)11-6-2-1-3-7-11;/h1-10,19H;/q;+1/p-1. The Morgan fingerprint density at radius 3 is 2.30 bits per heavy atom. The molecule has 1 aliphatic rings. The predicted octanol–water partition coefficient (Wildman–Crippen LogP) is -0.788. The Labute approximate surface area is 155 Å². The van der Waals surface area contributed by atoms with Crippen LogP contribution in [0, 0.1) is 0 Å². The first-order chi connectivity index (χ1) is 10.6. The summed E-state index contributed by atoms with van der Waals surface area (Å²) in [6.07, 6.45) is 0. The van der Waals surface area contributed by atoms with E-state index in [-0.39, 0.29) is 45.1 Å². The summed E-state index contributed by atoms with van der Waals surface area (Å²) in [7, 11) is -3.88. The van der Waals surface area contributed by atoms with Crippen LogP contribution in [0.25, 0.3) is 21.6 Å². The first-order valence-electron chi connectivity index (χ1n) is 6.71. The Hall–Kier alpha value is -1.66. The number of fused-ring (bicyclic) bond motifs is 2. The van der Waals surface area contributed by atoms with Crippen LogP contribution in [0.3, 0.4) is 0 Å². The van der Waals surface area contributed by atoms with E-state index in [2.05, 4.69) is 4.98 Å². The minimum absolute atomic E-state index is 0. The van der Waals surface area contributed by atoms with Gasteiger partial charge in [-0.2, -0.15) is 0 Å². The number of rotatable bonds is 1.